The zero-order chi connectivity index (χ0) is 21.8. The van der Waals surface area contributed by atoms with Crippen molar-refractivity contribution in [3.05, 3.63) is 58.1 Å². The largest absolute Gasteiger partial charge is 0.374 e. The lowest BCUT2D eigenvalue weighted by Gasteiger charge is -2.30. The Morgan fingerprint density at radius 3 is 2.67 bits per heavy atom. The van der Waals surface area contributed by atoms with Gasteiger partial charge in [0.25, 0.3) is 0 Å². The molecule has 3 rings (SSSR count). The lowest BCUT2D eigenvalue weighted by molar-refractivity contribution is -0.136. The minimum absolute atomic E-state index is 0.0350. The summed E-state index contributed by atoms with van der Waals surface area (Å²) in [5.74, 6) is -1.37. The maximum Gasteiger partial charge on any atom is 0.313 e. The van der Waals surface area contributed by atoms with Crippen LogP contribution in [0.4, 0.5) is 11.4 Å². The molecule has 0 aromatic heterocycles. The van der Waals surface area contributed by atoms with Crippen LogP contribution in [0.3, 0.4) is 0 Å². The molecule has 0 saturated heterocycles. The molecule has 7 heteroatoms. The molecule has 0 aliphatic carbocycles. The maximum absolute atomic E-state index is 12.4. The molecule has 1 aliphatic rings. The number of nitrogens with one attached hydrogen (secondary N) is 2. The van der Waals surface area contributed by atoms with Gasteiger partial charge >= 0.3 is 11.8 Å². The van der Waals surface area contributed by atoms with E-state index in [-0.39, 0.29) is 6.04 Å². The van der Waals surface area contributed by atoms with Gasteiger partial charge in [0, 0.05) is 36.5 Å². The first kappa shape index (κ1) is 22.1. The second-order valence-corrected chi connectivity index (χ2v) is 8.45. The summed E-state index contributed by atoms with van der Waals surface area (Å²) >= 11 is 5.98. The summed E-state index contributed by atoms with van der Waals surface area (Å²) in [5, 5.41) is 5.91. The van der Waals surface area contributed by atoms with Crippen LogP contribution in [0.15, 0.2) is 36.4 Å². The molecule has 0 radical (unpaired) electrons. The lowest BCUT2D eigenvalue weighted by Crippen LogP contribution is -2.40. The summed E-state index contributed by atoms with van der Waals surface area (Å²) < 4.78 is 0. The number of rotatable bonds is 5. The smallest absolute Gasteiger partial charge is 0.313 e. The first-order valence-corrected chi connectivity index (χ1v) is 10.5. The second-order valence-electron chi connectivity index (χ2n) is 8.02. The van der Waals surface area contributed by atoms with Gasteiger partial charge in [0.1, 0.15) is 0 Å². The Kier molecular flexibility index (Phi) is 7.00. The predicted molar refractivity (Wildman–Crippen MR) is 122 cm³/mol. The van der Waals surface area contributed by atoms with Crippen LogP contribution in [0.1, 0.15) is 29.2 Å². The van der Waals surface area contributed by atoms with Crippen molar-refractivity contribution < 1.29 is 9.59 Å². The van der Waals surface area contributed by atoms with E-state index in [0.29, 0.717) is 17.3 Å². The summed E-state index contributed by atoms with van der Waals surface area (Å²) in [6, 6.07) is 11.6. The van der Waals surface area contributed by atoms with Crippen LogP contribution in [-0.4, -0.2) is 50.9 Å². The SMILES string of the molecule is Cc1ccc(Cl)cc1NC(=O)C(=O)NC[C@H](c1ccc2c(c1)CCCN2C)N(C)C. The Balaban J connectivity index is 1.66. The van der Waals surface area contributed by atoms with Gasteiger partial charge in [0.15, 0.2) is 0 Å². The molecule has 160 valence electrons. The van der Waals surface area contributed by atoms with Crippen molar-refractivity contribution in [2.24, 2.45) is 0 Å². The van der Waals surface area contributed by atoms with Gasteiger partial charge in [-0.15, -0.1) is 0 Å². The number of fused-ring (bicyclic) bond motifs is 1. The molecular weight excluding hydrogens is 400 g/mol. The number of halogens is 1. The molecule has 2 aromatic rings. The Morgan fingerprint density at radius 1 is 1.17 bits per heavy atom. The van der Waals surface area contributed by atoms with E-state index in [1.165, 1.54) is 11.3 Å². The van der Waals surface area contributed by atoms with Gasteiger partial charge in [-0.2, -0.15) is 0 Å². The molecule has 0 unspecified atom stereocenters. The number of nitrogens with zero attached hydrogens (tertiary/aromatic N) is 2. The topological polar surface area (TPSA) is 64.7 Å². The third kappa shape index (κ3) is 5.12. The first-order valence-electron chi connectivity index (χ1n) is 10.1. The lowest BCUT2D eigenvalue weighted by atomic mass is 9.96. The fourth-order valence-corrected chi connectivity index (χ4v) is 3.96. The average Bonchev–Trinajstić information content (AvgIpc) is 2.70. The molecule has 2 aromatic carbocycles. The van der Waals surface area contributed by atoms with Crippen LogP contribution in [0, 0.1) is 6.92 Å². The fourth-order valence-electron chi connectivity index (χ4n) is 3.79. The third-order valence-corrected chi connectivity index (χ3v) is 5.81. The molecule has 0 saturated carbocycles. The molecule has 2 amide bonds. The van der Waals surface area contributed by atoms with Gasteiger partial charge in [0.2, 0.25) is 0 Å². The molecule has 1 heterocycles. The molecular formula is C23H29ClN4O2. The van der Waals surface area contributed by atoms with Crippen LogP contribution in [-0.2, 0) is 16.0 Å². The molecule has 1 aliphatic heterocycles. The molecule has 6 nitrogen and oxygen atoms in total. The Hall–Kier alpha value is -2.57. The van der Waals surface area contributed by atoms with E-state index >= 15 is 0 Å². The van der Waals surface area contributed by atoms with Crippen molar-refractivity contribution in [2.75, 3.05) is 44.4 Å². The normalized spacial score (nSPS) is 14.3. The first-order chi connectivity index (χ1) is 14.3. The van der Waals surface area contributed by atoms with E-state index in [1.54, 1.807) is 18.2 Å². The van der Waals surface area contributed by atoms with Crippen LogP contribution < -0.4 is 15.5 Å². The standard InChI is InChI=1S/C23H29ClN4O2/c1-15-7-9-18(24)13-19(15)26-23(30)22(29)25-14-21(27(2)3)17-8-10-20-16(12-17)6-5-11-28(20)4/h7-10,12-13,21H,5-6,11,14H2,1-4H3,(H,25,29)(H,26,30)/t21-/m1/s1. The number of hydrogen-bond acceptors (Lipinski definition) is 4. The molecule has 0 bridgehead atoms. The molecule has 0 spiro atoms. The van der Waals surface area contributed by atoms with Gasteiger partial charge in [-0.1, -0.05) is 29.8 Å². The van der Waals surface area contributed by atoms with E-state index in [4.69, 9.17) is 11.6 Å². The second kappa shape index (κ2) is 9.49. The quantitative estimate of drug-likeness (QED) is 0.716. The van der Waals surface area contributed by atoms with Crippen LogP contribution in [0.25, 0.3) is 0 Å². The summed E-state index contributed by atoms with van der Waals surface area (Å²) in [5.41, 5.74) is 5.09. The highest BCUT2D eigenvalue weighted by Crippen LogP contribution is 2.30. The van der Waals surface area contributed by atoms with Crippen molar-refractivity contribution in [2.45, 2.75) is 25.8 Å². The van der Waals surface area contributed by atoms with Gasteiger partial charge in [-0.25, -0.2) is 0 Å². The van der Waals surface area contributed by atoms with Gasteiger partial charge in [-0.3, -0.25) is 9.59 Å². The van der Waals surface area contributed by atoms with E-state index < -0.39 is 11.8 Å². The molecule has 1 atom stereocenters. The molecule has 2 N–H and O–H groups in total. The maximum atomic E-state index is 12.4. The minimum Gasteiger partial charge on any atom is -0.374 e. The predicted octanol–water partition coefficient (Wildman–Crippen LogP) is 3.39. The van der Waals surface area contributed by atoms with Gasteiger partial charge < -0.3 is 20.4 Å². The van der Waals surface area contributed by atoms with Crippen LogP contribution in [0.5, 0.6) is 0 Å². The number of anilines is 2. The minimum atomic E-state index is -0.704. The zero-order valence-electron chi connectivity index (χ0n) is 18.0. The Bertz CT molecular complexity index is 945. The zero-order valence-corrected chi connectivity index (χ0v) is 18.7. The van der Waals surface area contributed by atoms with E-state index in [0.717, 1.165) is 30.5 Å². The molecule has 0 fully saturated rings. The van der Waals surface area contributed by atoms with Crippen molar-refractivity contribution in [3.8, 4) is 0 Å². The number of amides is 2. The summed E-state index contributed by atoms with van der Waals surface area (Å²) in [4.78, 5) is 29.1. The highest BCUT2D eigenvalue weighted by molar-refractivity contribution is 6.40. The summed E-state index contributed by atoms with van der Waals surface area (Å²) in [7, 11) is 6.05. The highest BCUT2D eigenvalue weighted by atomic mass is 35.5. The Labute approximate surface area is 183 Å². The number of likely N-dealkylation sites (N-methyl/N-ethyl adjacent to an activating group) is 1. The fraction of sp³-hybridized carbons (Fsp3) is 0.391. The number of aryl methyl sites for hydroxylation is 2. The monoisotopic (exact) mass is 428 g/mol. The van der Waals surface area contributed by atoms with Crippen molar-refractivity contribution in [3.63, 3.8) is 0 Å². The number of hydrogen-bond donors (Lipinski definition) is 2. The molecule has 30 heavy (non-hydrogen) atoms. The number of benzene rings is 2. The Morgan fingerprint density at radius 2 is 1.93 bits per heavy atom. The number of carbonyl (C=O) groups excluding carboxylic acids is 2. The van der Waals surface area contributed by atoms with E-state index in [1.807, 2.05) is 25.9 Å². The highest BCUT2D eigenvalue weighted by Gasteiger charge is 2.21. The van der Waals surface area contributed by atoms with Crippen molar-refractivity contribution in [1.29, 1.82) is 0 Å². The summed E-state index contributed by atoms with van der Waals surface area (Å²) in [6.07, 6.45) is 2.20. The van der Waals surface area contributed by atoms with Gasteiger partial charge in [0.05, 0.1) is 6.04 Å². The van der Waals surface area contributed by atoms with Crippen molar-refractivity contribution in [1.82, 2.24) is 10.2 Å². The third-order valence-electron chi connectivity index (χ3n) is 5.57. The number of carbonyl (C=O) groups is 2. The average molecular weight is 429 g/mol. The van der Waals surface area contributed by atoms with E-state index in [9.17, 15) is 9.59 Å². The van der Waals surface area contributed by atoms with Gasteiger partial charge in [-0.05, 0) is 68.8 Å². The van der Waals surface area contributed by atoms with Crippen LogP contribution in [0.2, 0.25) is 5.02 Å². The van der Waals surface area contributed by atoms with E-state index in [2.05, 4.69) is 40.8 Å². The summed E-state index contributed by atoms with van der Waals surface area (Å²) in [6.45, 7) is 3.25. The van der Waals surface area contributed by atoms with Crippen molar-refractivity contribution >= 4 is 34.8 Å². The van der Waals surface area contributed by atoms with Crippen LogP contribution >= 0.6 is 11.6 Å².